The van der Waals surface area contributed by atoms with Crippen LogP contribution in [0.4, 0.5) is 0 Å². The topological polar surface area (TPSA) is 237 Å². The number of aliphatic hydroxyl groups excluding tert-OH is 1. The average molecular weight is 1380 g/mol. The molecule has 0 aliphatic heterocycles. The van der Waals surface area contributed by atoms with Crippen molar-refractivity contribution in [2.45, 2.75) is 412 Å². The Morgan fingerprint density at radius 1 is 0.287 bits per heavy atom. The number of esters is 4. The van der Waals surface area contributed by atoms with Crippen LogP contribution in [0.25, 0.3) is 0 Å². The second-order valence-corrected chi connectivity index (χ2v) is 30.4. The van der Waals surface area contributed by atoms with Crippen LogP contribution in [0.1, 0.15) is 394 Å². The molecule has 0 rings (SSSR count). The minimum atomic E-state index is -4.96. The molecule has 0 saturated carbocycles. The van der Waals surface area contributed by atoms with Crippen molar-refractivity contribution in [3.63, 3.8) is 0 Å². The van der Waals surface area contributed by atoms with E-state index in [0.717, 1.165) is 95.8 Å². The van der Waals surface area contributed by atoms with E-state index in [0.29, 0.717) is 25.7 Å². The normalized spacial score (nSPS) is 14.0. The van der Waals surface area contributed by atoms with E-state index in [4.69, 9.17) is 37.0 Å². The molecule has 0 amide bonds. The van der Waals surface area contributed by atoms with Crippen LogP contribution in [0, 0.1) is 5.92 Å². The van der Waals surface area contributed by atoms with E-state index in [2.05, 4.69) is 34.6 Å². The van der Waals surface area contributed by atoms with Gasteiger partial charge in [-0.1, -0.05) is 343 Å². The van der Waals surface area contributed by atoms with E-state index in [-0.39, 0.29) is 25.7 Å². The van der Waals surface area contributed by atoms with E-state index in [1.165, 1.54) is 218 Å². The zero-order chi connectivity index (χ0) is 69.1. The molecule has 0 bridgehead atoms. The highest BCUT2D eigenvalue weighted by Gasteiger charge is 2.30. The van der Waals surface area contributed by atoms with Crippen LogP contribution in [-0.2, 0) is 65.4 Å². The van der Waals surface area contributed by atoms with Crippen molar-refractivity contribution in [1.82, 2.24) is 0 Å². The molecule has 3 N–H and O–H groups in total. The van der Waals surface area contributed by atoms with E-state index in [1.54, 1.807) is 0 Å². The van der Waals surface area contributed by atoms with Gasteiger partial charge >= 0.3 is 39.5 Å². The maximum absolute atomic E-state index is 13.1. The summed E-state index contributed by atoms with van der Waals surface area (Å²) in [6.07, 6.45) is 56.8. The molecule has 0 aliphatic carbocycles. The van der Waals surface area contributed by atoms with Gasteiger partial charge < -0.3 is 33.8 Å². The number of hydrogen-bond acceptors (Lipinski definition) is 15. The summed E-state index contributed by atoms with van der Waals surface area (Å²) in [6, 6.07) is 0. The second-order valence-electron chi connectivity index (χ2n) is 27.5. The minimum Gasteiger partial charge on any atom is -0.462 e. The van der Waals surface area contributed by atoms with Crippen LogP contribution in [0.3, 0.4) is 0 Å². The van der Waals surface area contributed by atoms with Gasteiger partial charge in [0.2, 0.25) is 0 Å². The third-order valence-corrected chi connectivity index (χ3v) is 19.4. The van der Waals surface area contributed by atoms with Gasteiger partial charge in [0.05, 0.1) is 26.4 Å². The SMILES string of the molecule is CCCCCCCCCCCCCCCCCCCC(=O)O[C@H](COC(=O)CCCCCCCCCCCCCCCC)COP(=O)(O)OC[C@@H](O)COP(=O)(O)OC[C@@H](COC(=O)CCCCCCCCCCC(C)C)OC(=O)CCCCCCCCCCCCCC. The van der Waals surface area contributed by atoms with E-state index >= 15 is 0 Å². The van der Waals surface area contributed by atoms with Gasteiger partial charge in [-0.25, -0.2) is 9.13 Å². The predicted octanol–water partition coefficient (Wildman–Crippen LogP) is 22.1. The van der Waals surface area contributed by atoms with E-state index in [9.17, 15) is 43.2 Å². The zero-order valence-electron chi connectivity index (χ0n) is 61.1. The summed E-state index contributed by atoms with van der Waals surface area (Å²) in [4.78, 5) is 72.8. The molecular weight excluding hydrogens is 1230 g/mol. The molecule has 558 valence electrons. The first-order chi connectivity index (χ1) is 45.5. The molecule has 5 atom stereocenters. The highest BCUT2D eigenvalue weighted by atomic mass is 31.2. The summed E-state index contributed by atoms with van der Waals surface area (Å²) >= 11 is 0. The minimum absolute atomic E-state index is 0.107. The van der Waals surface area contributed by atoms with Crippen LogP contribution in [0.15, 0.2) is 0 Å². The number of phosphoric acid groups is 2. The summed E-state index contributed by atoms with van der Waals surface area (Å²) in [5.74, 6) is -1.39. The summed E-state index contributed by atoms with van der Waals surface area (Å²) in [6.45, 7) is 7.26. The van der Waals surface area contributed by atoms with Crippen molar-refractivity contribution >= 4 is 39.5 Å². The van der Waals surface area contributed by atoms with Gasteiger partial charge in [-0.2, -0.15) is 0 Å². The van der Waals surface area contributed by atoms with Gasteiger partial charge in [-0.15, -0.1) is 0 Å². The Labute approximate surface area is 575 Å². The lowest BCUT2D eigenvalue weighted by atomic mass is 10.0. The molecular formula is C75H146O17P2. The average Bonchev–Trinajstić information content (AvgIpc) is 1.24. The monoisotopic (exact) mass is 1380 g/mol. The van der Waals surface area contributed by atoms with Gasteiger partial charge in [0.1, 0.15) is 19.3 Å². The smallest absolute Gasteiger partial charge is 0.462 e. The van der Waals surface area contributed by atoms with Crippen LogP contribution in [0.2, 0.25) is 0 Å². The zero-order valence-corrected chi connectivity index (χ0v) is 62.9. The highest BCUT2D eigenvalue weighted by molar-refractivity contribution is 7.47. The summed E-state index contributed by atoms with van der Waals surface area (Å²) in [5.41, 5.74) is 0. The number of rotatable bonds is 75. The molecule has 0 fully saturated rings. The molecule has 0 aliphatic rings. The van der Waals surface area contributed by atoms with Crippen LogP contribution < -0.4 is 0 Å². The third kappa shape index (κ3) is 68.6. The Morgan fingerprint density at radius 2 is 0.489 bits per heavy atom. The molecule has 94 heavy (non-hydrogen) atoms. The number of carbonyl (C=O) groups excluding carboxylic acids is 4. The number of aliphatic hydroxyl groups is 1. The standard InChI is InChI=1S/C75H146O17P2/c1-6-9-12-15-18-21-24-27-29-30-31-33-36-39-46-51-56-61-75(80)91-70(64-85-72(77)58-53-48-43-37-35-32-28-25-22-19-16-13-10-7-2)66-89-93(81,82)87-62-69(76)63-88-94(83,84)90-67-71(65-86-73(78)59-54-49-44-41-40-42-47-52-57-68(4)5)92-74(79)60-55-50-45-38-34-26-23-20-17-14-11-8-3/h68-71,76H,6-67H2,1-5H3,(H,81,82)(H,83,84)/t69-,70-,71-/m1/s1. The second kappa shape index (κ2) is 68.2. The molecule has 19 heteroatoms. The number of ether oxygens (including phenoxy) is 4. The molecule has 17 nitrogen and oxygen atoms in total. The van der Waals surface area contributed by atoms with E-state index < -0.39 is 97.5 Å². The first kappa shape index (κ1) is 92.1. The number of phosphoric ester groups is 2. The largest absolute Gasteiger partial charge is 0.472 e. The fourth-order valence-corrected chi connectivity index (χ4v) is 13.1. The quantitative estimate of drug-likeness (QED) is 0.0222. The van der Waals surface area contributed by atoms with Gasteiger partial charge in [0.15, 0.2) is 12.2 Å². The number of hydrogen-bond donors (Lipinski definition) is 3. The van der Waals surface area contributed by atoms with Crippen molar-refractivity contribution in [3.8, 4) is 0 Å². The third-order valence-electron chi connectivity index (χ3n) is 17.5. The van der Waals surface area contributed by atoms with Gasteiger partial charge in [0.25, 0.3) is 0 Å². The Bertz CT molecular complexity index is 1810. The summed E-state index contributed by atoms with van der Waals surface area (Å²) < 4.78 is 68.5. The first-order valence-corrected chi connectivity index (χ1v) is 42.1. The maximum atomic E-state index is 13.1. The van der Waals surface area contributed by atoms with Crippen LogP contribution in [0.5, 0.6) is 0 Å². The first-order valence-electron chi connectivity index (χ1n) is 39.1. The van der Waals surface area contributed by atoms with Crippen molar-refractivity contribution < 1.29 is 80.2 Å². The Kier molecular flexibility index (Phi) is 66.8. The Hall–Kier alpha value is -1.94. The van der Waals surface area contributed by atoms with Crippen molar-refractivity contribution in [2.24, 2.45) is 5.92 Å². The molecule has 0 spiro atoms. The lowest BCUT2D eigenvalue weighted by molar-refractivity contribution is -0.161. The number of unbranched alkanes of at least 4 members (excludes halogenated alkanes) is 47. The summed E-state index contributed by atoms with van der Waals surface area (Å²) in [7, 11) is -9.91. The molecule has 0 aromatic rings. The van der Waals surface area contributed by atoms with Crippen LogP contribution >= 0.6 is 15.6 Å². The molecule has 2 unspecified atom stereocenters. The van der Waals surface area contributed by atoms with E-state index in [1.807, 2.05) is 0 Å². The molecule has 0 aromatic heterocycles. The van der Waals surface area contributed by atoms with Crippen LogP contribution in [-0.4, -0.2) is 96.7 Å². The highest BCUT2D eigenvalue weighted by Crippen LogP contribution is 2.45. The van der Waals surface area contributed by atoms with Gasteiger partial charge in [-0.3, -0.25) is 37.3 Å². The maximum Gasteiger partial charge on any atom is 0.472 e. The lowest BCUT2D eigenvalue weighted by Crippen LogP contribution is -2.30. The number of carbonyl (C=O) groups is 4. The lowest BCUT2D eigenvalue weighted by Gasteiger charge is -2.21. The Morgan fingerprint density at radius 3 is 0.723 bits per heavy atom. The molecule has 0 radical (unpaired) electrons. The van der Waals surface area contributed by atoms with Crippen molar-refractivity contribution in [1.29, 1.82) is 0 Å². The summed E-state index contributed by atoms with van der Waals surface area (Å²) in [5, 5.41) is 10.6. The predicted molar refractivity (Wildman–Crippen MR) is 382 cm³/mol. The van der Waals surface area contributed by atoms with Crippen molar-refractivity contribution in [2.75, 3.05) is 39.6 Å². The molecule has 0 heterocycles. The van der Waals surface area contributed by atoms with Crippen molar-refractivity contribution in [3.05, 3.63) is 0 Å². The fraction of sp³-hybridized carbons (Fsp3) is 0.947. The molecule has 0 aromatic carbocycles. The Balaban J connectivity index is 5.25. The van der Waals surface area contributed by atoms with Gasteiger partial charge in [-0.05, 0) is 31.6 Å². The molecule has 0 saturated heterocycles. The van der Waals surface area contributed by atoms with Gasteiger partial charge in [0, 0.05) is 25.7 Å². The fourth-order valence-electron chi connectivity index (χ4n) is 11.5.